The lowest BCUT2D eigenvalue weighted by Crippen LogP contribution is -2.10. The van der Waals surface area contributed by atoms with Crippen molar-refractivity contribution in [3.8, 4) is 5.75 Å². The zero-order valence-electron chi connectivity index (χ0n) is 15.3. The van der Waals surface area contributed by atoms with Crippen LogP contribution in [0, 0.1) is 5.82 Å². The van der Waals surface area contributed by atoms with Gasteiger partial charge in [0.05, 0.1) is 5.56 Å². The van der Waals surface area contributed by atoms with Crippen LogP contribution in [0.1, 0.15) is 21.5 Å². The van der Waals surface area contributed by atoms with Gasteiger partial charge in [0.2, 0.25) is 5.90 Å². The Hall–Kier alpha value is -3.77. The number of hydrogen-bond acceptors (Lipinski definition) is 5. The minimum atomic E-state index is -0.820. The molecule has 0 saturated carbocycles. The Kier molecular flexibility index (Phi) is 5.41. The van der Waals surface area contributed by atoms with E-state index in [1.54, 1.807) is 48.5 Å². The van der Waals surface area contributed by atoms with Crippen molar-refractivity contribution in [3.05, 3.63) is 106 Å². The summed E-state index contributed by atoms with van der Waals surface area (Å²) in [5.74, 6) is -1.76. The van der Waals surface area contributed by atoms with E-state index < -0.39 is 17.8 Å². The van der Waals surface area contributed by atoms with E-state index in [9.17, 15) is 14.0 Å². The first-order valence-corrected chi connectivity index (χ1v) is 9.23. The highest BCUT2D eigenvalue weighted by Crippen LogP contribution is 2.23. The smallest absolute Gasteiger partial charge is 0.363 e. The predicted molar refractivity (Wildman–Crippen MR) is 110 cm³/mol. The van der Waals surface area contributed by atoms with Gasteiger partial charge in [0.25, 0.3) is 0 Å². The highest BCUT2D eigenvalue weighted by Gasteiger charge is 2.24. The third kappa shape index (κ3) is 4.29. The summed E-state index contributed by atoms with van der Waals surface area (Å²) in [4.78, 5) is 28.6. The number of hydrogen-bond donors (Lipinski definition) is 0. The zero-order valence-corrected chi connectivity index (χ0v) is 16.1. The van der Waals surface area contributed by atoms with Crippen LogP contribution in [0.5, 0.6) is 5.75 Å². The van der Waals surface area contributed by atoms with Crippen molar-refractivity contribution in [2.45, 2.75) is 0 Å². The Morgan fingerprint density at radius 2 is 1.83 bits per heavy atom. The molecule has 148 valence electrons. The van der Waals surface area contributed by atoms with Crippen LogP contribution in [0.15, 0.2) is 83.5 Å². The minimum absolute atomic E-state index is 0.0857. The van der Waals surface area contributed by atoms with Crippen LogP contribution >= 0.6 is 11.6 Å². The monoisotopic (exact) mass is 421 g/mol. The van der Waals surface area contributed by atoms with Gasteiger partial charge < -0.3 is 9.47 Å². The van der Waals surface area contributed by atoms with E-state index in [4.69, 9.17) is 21.1 Å². The van der Waals surface area contributed by atoms with E-state index in [1.165, 1.54) is 30.3 Å². The summed E-state index contributed by atoms with van der Waals surface area (Å²) in [6.07, 6.45) is 1.50. The molecule has 0 saturated heterocycles. The van der Waals surface area contributed by atoms with Crippen molar-refractivity contribution >= 4 is 35.5 Å². The van der Waals surface area contributed by atoms with E-state index in [-0.39, 0.29) is 22.9 Å². The number of carbonyl (C=O) groups is 2. The summed E-state index contributed by atoms with van der Waals surface area (Å²) in [6, 6.07) is 18.8. The number of carbonyl (C=O) groups excluding carboxylic acids is 2. The molecular formula is C23H13ClFNO4. The fraction of sp³-hybridized carbons (Fsp3) is 0. The summed E-state index contributed by atoms with van der Waals surface area (Å²) in [5.41, 5.74) is 1.04. The Balaban J connectivity index is 1.57. The molecule has 0 bridgehead atoms. The van der Waals surface area contributed by atoms with E-state index in [1.807, 2.05) is 0 Å². The average Bonchev–Trinajstić information content (AvgIpc) is 3.09. The maximum Gasteiger partial charge on any atom is 0.363 e. The molecule has 0 fully saturated rings. The molecule has 1 heterocycles. The Bertz CT molecular complexity index is 1220. The zero-order chi connectivity index (χ0) is 21.1. The van der Waals surface area contributed by atoms with E-state index >= 15 is 0 Å². The summed E-state index contributed by atoms with van der Waals surface area (Å²) in [7, 11) is 0. The number of rotatable bonds is 4. The second-order valence-electron chi connectivity index (χ2n) is 6.29. The van der Waals surface area contributed by atoms with Crippen LogP contribution < -0.4 is 4.74 Å². The molecule has 0 N–H and O–H groups in total. The van der Waals surface area contributed by atoms with Crippen molar-refractivity contribution in [2.75, 3.05) is 0 Å². The number of halogens is 2. The van der Waals surface area contributed by atoms with Gasteiger partial charge in [-0.05, 0) is 54.1 Å². The Labute approximate surface area is 176 Å². The number of aliphatic imine (C=N–C) groups is 1. The third-order valence-electron chi connectivity index (χ3n) is 4.16. The van der Waals surface area contributed by atoms with Crippen molar-refractivity contribution < 1.29 is 23.5 Å². The molecule has 3 aromatic rings. The molecule has 0 radical (unpaired) electrons. The fourth-order valence-electron chi connectivity index (χ4n) is 2.77. The first kappa shape index (κ1) is 19.5. The molecule has 0 spiro atoms. The van der Waals surface area contributed by atoms with E-state index in [2.05, 4.69) is 4.99 Å². The highest BCUT2D eigenvalue weighted by molar-refractivity contribution is 6.31. The number of ether oxygens (including phenoxy) is 2. The standard InChI is InChI=1S/C23H13ClFNO4/c24-16-7-4-6-15(13-16)21-26-20(23(28)30-21)12-14-5-3-8-17(11-14)29-22(27)18-9-1-2-10-19(18)25/h1-13H/b20-12-. The molecule has 0 aromatic heterocycles. The number of nitrogens with zero attached hydrogens (tertiary/aromatic N) is 1. The molecular weight excluding hydrogens is 409 g/mol. The molecule has 30 heavy (non-hydrogen) atoms. The molecule has 4 rings (SSSR count). The molecule has 1 aliphatic heterocycles. The molecule has 3 aromatic carbocycles. The molecule has 0 amide bonds. The van der Waals surface area contributed by atoms with Crippen LogP contribution in [0.2, 0.25) is 5.02 Å². The summed E-state index contributed by atoms with van der Waals surface area (Å²) >= 11 is 5.96. The molecule has 7 heteroatoms. The summed E-state index contributed by atoms with van der Waals surface area (Å²) in [6.45, 7) is 0. The van der Waals surface area contributed by atoms with Gasteiger partial charge >= 0.3 is 11.9 Å². The van der Waals surface area contributed by atoms with Gasteiger partial charge in [-0.3, -0.25) is 0 Å². The lowest BCUT2D eigenvalue weighted by atomic mass is 10.2. The summed E-state index contributed by atoms with van der Waals surface area (Å²) < 4.78 is 24.2. The van der Waals surface area contributed by atoms with Gasteiger partial charge in [0.1, 0.15) is 11.6 Å². The number of esters is 2. The Morgan fingerprint density at radius 3 is 2.63 bits per heavy atom. The average molecular weight is 422 g/mol. The molecule has 0 aliphatic carbocycles. The van der Waals surface area contributed by atoms with Gasteiger partial charge in [-0.1, -0.05) is 41.9 Å². The maximum atomic E-state index is 13.8. The number of cyclic esters (lactones) is 1. The molecule has 1 aliphatic rings. The molecule has 0 atom stereocenters. The lowest BCUT2D eigenvalue weighted by Gasteiger charge is -2.06. The Morgan fingerprint density at radius 1 is 1.03 bits per heavy atom. The highest BCUT2D eigenvalue weighted by atomic mass is 35.5. The van der Waals surface area contributed by atoms with Gasteiger partial charge in [0.15, 0.2) is 5.70 Å². The van der Waals surface area contributed by atoms with Crippen LogP contribution in [-0.4, -0.2) is 17.8 Å². The van der Waals surface area contributed by atoms with Gasteiger partial charge in [0, 0.05) is 10.6 Å². The third-order valence-corrected chi connectivity index (χ3v) is 4.39. The maximum absolute atomic E-state index is 13.8. The van der Waals surface area contributed by atoms with Crippen molar-refractivity contribution in [2.24, 2.45) is 4.99 Å². The van der Waals surface area contributed by atoms with Crippen molar-refractivity contribution in [3.63, 3.8) is 0 Å². The minimum Gasteiger partial charge on any atom is -0.423 e. The van der Waals surface area contributed by atoms with E-state index in [0.717, 1.165) is 0 Å². The summed E-state index contributed by atoms with van der Waals surface area (Å²) in [5, 5.41) is 0.494. The fourth-order valence-corrected chi connectivity index (χ4v) is 2.96. The largest absolute Gasteiger partial charge is 0.423 e. The van der Waals surface area contributed by atoms with Gasteiger partial charge in [-0.15, -0.1) is 0 Å². The predicted octanol–water partition coefficient (Wildman–Crippen LogP) is 5.04. The van der Waals surface area contributed by atoms with E-state index in [0.29, 0.717) is 16.1 Å². The first-order valence-electron chi connectivity index (χ1n) is 8.85. The van der Waals surface area contributed by atoms with Crippen molar-refractivity contribution in [1.29, 1.82) is 0 Å². The van der Waals surface area contributed by atoms with Crippen LogP contribution in [0.4, 0.5) is 4.39 Å². The topological polar surface area (TPSA) is 65.0 Å². The quantitative estimate of drug-likeness (QED) is 0.336. The van der Waals surface area contributed by atoms with Crippen molar-refractivity contribution in [1.82, 2.24) is 0 Å². The first-order chi connectivity index (χ1) is 14.5. The molecule has 5 nitrogen and oxygen atoms in total. The van der Waals surface area contributed by atoms with Gasteiger partial charge in [-0.25, -0.2) is 19.0 Å². The van der Waals surface area contributed by atoms with Crippen LogP contribution in [0.25, 0.3) is 6.08 Å². The SMILES string of the molecule is O=C1OC(c2cccc(Cl)c2)=N/C1=C\c1cccc(OC(=O)c2ccccc2F)c1. The van der Waals surface area contributed by atoms with Crippen LogP contribution in [-0.2, 0) is 9.53 Å². The molecule has 0 unspecified atom stereocenters. The normalized spacial score (nSPS) is 14.4. The lowest BCUT2D eigenvalue weighted by molar-refractivity contribution is -0.129. The second-order valence-corrected chi connectivity index (χ2v) is 6.72. The van der Waals surface area contributed by atoms with Gasteiger partial charge in [-0.2, -0.15) is 0 Å². The van der Waals surface area contributed by atoms with Crippen LogP contribution in [0.3, 0.4) is 0 Å². The second kappa shape index (κ2) is 8.31. The number of benzene rings is 3.